The van der Waals surface area contributed by atoms with Gasteiger partial charge in [0.1, 0.15) is 5.25 Å². The Balaban J connectivity index is 1.85. The second-order valence-corrected chi connectivity index (χ2v) is 7.11. The molecule has 1 fully saturated rings. The highest BCUT2D eigenvalue weighted by Gasteiger charge is 2.29. The van der Waals surface area contributed by atoms with E-state index in [0.29, 0.717) is 6.04 Å². The maximum absolute atomic E-state index is 12.6. The van der Waals surface area contributed by atoms with Gasteiger partial charge >= 0.3 is 0 Å². The van der Waals surface area contributed by atoms with E-state index in [1.54, 1.807) is 11.8 Å². The zero-order valence-electron chi connectivity index (χ0n) is 13.0. The molecule has 0 saturated heterocycles. The summed E-state index contributed by atoms with van der Waals surface area (Å²) >= 11 is 1.64. The summed E-state index contributed by atoms with van der Waals surface area (Å²) in [6.45, 7) is 4.20. The van der Waals surface area contributed by atoms with Crippen molar-refractivity contribution in [3.05, 3.63) is 65.2 Å². The van der Waals surface area contributed by atoms with Crippen LogP contribution in [0.2, 0.25) is 0 Å². The number of hydrogen-bond acceptors (Lipinski definition) is 2. The lowest BCUT2D eigenvalue weighted by atomic mass is 10.1. The molecule has 114 valence electrons. The van der Waals surface area contributed by atoms with Crippen LogP contribution in [-0.4, -0.2) is 11.9 Å². The van der Waals surface area contributed by atoms with Crippen molar-refractivity contribution in [3.63, 3.8) is 0 Å². The van der Waals surface area contributed by atoms with Crippen LogP contribution in [0.3, 0.4) is 0 Å². The largest absolute Gasteiger partial charge is 0.352 e. The average molecular weight is 311 g/mol. The van der Waals surface area contributed by atoms with Crippen LogP contribution in [0.15, 0.2) is 53.4 Å². The molecule has 0 spiro atoms. The van der Waals surface area contributed by atoms with Crippen LogP contribution >= 0.6 is 11.8 Å². The smallest absolute Gasteiger partial charge is 0.238 e. The molecule has 0 bridgehead atoms. The number of hydrogen-bond donors (Lipinski definition) is 1. The first-order valence-corrected chi connectivity index (χ1v) is 8.60. The summed E-state index contributed by atoms with van der Waals surface area (Å²) in [5.74, 6) is 0.124. The van der Waals surface area contributed by atoms with Gasteiger partial charge in [0.05, 0.1) is 0 Å². The Morgan fingerprint density at radius 1 is 1.14 bits per heavy atom. The number of carbonyl (C=O) groups excluding carboxylic acids is 1. The van der Waals surface area contributed by atoms with Crippen LogP contribution in [-0.2, 0) is 4.79 Å². The van der Waals surface area contributed by atoms with Crippen molar-refractivity contribution in [1.29, 1.82) is 0 Å². The van der Waals surface area contributed by atoms with Crippen molar-refractivity contribution >= 4 is 17.7 Å². The van der Waals surface area contributed by atoms with Crippen LogP contribution in [0.5, 0.6) is 0 Å². The fourth-order valence-corrected chi connectivity index (χ4v) is 3.58. The Hall–Kier alpha value is -1.74. The normalized spacial score (nSPS) is 15.4. The summed E-state index contributed by atoms with van der Waals surface area (Å²) < 4.78 is 0. The number of rotatable bonds is 5. The second-order valence-electron chi connectivity index (χ2n) is 5.96. The van der Waals surface area contributed by atoms with Crippen molar-refractivity contribution in [1.82, 2.24) is 5.32 Å². The van der Waals surface area contributed by atoms with E-state index < -0.39 is 0 Å². The first-order valence-electron chi connectivity index (χ1n) is 7.73. The standard InChI is InChI=1S/C19H21NOS/c1-13-8-11-17(14(2)12-13)22-18(15-6-4-3-5-7-15)19(21)20-16-9-10-16/h3-8,11-12,16,18H,9-10H2,1-2H3,(H,20,21)/t18-/m0/s1. The number of carbonyl (C=O) groups is 1. The van der Waals surface area contributed by atoms with Gasteiger partial charge in [-0.15, -0.1) is 11.8 Å². The monoisotopic (exact) mass is 311 g/mol. The van der Waals surface area contributed by atoms with E-state index in [-0.39, 0.29) is 11.2 Å². The SMILES string of the molecule is Cc1ccc(S[C@H](C(=O)NC2CC2)c2ccccc2)c(C)c1. The van der Waals surface area contributed by atoms with Crippen LogP contribution < -0.4 is 5.32 Å². The van der Waals surface area contributed by atoms with Gasteiger partial charge in [-0.2, -0.15) is 0 Å². The lowest BCUT2D eigenvalue weighted by molar-refractivity contribution is -0.120. The molecule has 2 aromatic rings. The molecule has 1 amide bonds. The molecule has 0 aromatic heterocycles. The van der Waals surface area contributed by atoms with Gasteiger partial charge in [0, 0.05) is 10.9 Å². The van der Waals surface area contributed by atoms with Gasteiger partial charge in [-0.25, -0.2) is 0 Å². The fourth-order valence-electron chi connectivity index (χ4n) is 2.46. The minimum absolute atomic E-state index is 0.124. The zero-order valence-corrected chi connectivity index (χ0v) is 13.8. The molecule has 1 saturated carbocycles. The highest BCUT2D eigenvalue weighted by molar-refractivity contribution is 8.00. The first kappa shape index (κ1) is 15.2. The molecule has 0 aliphatic heterocycles. The predicted octanol–water partition coefficient (Wildman–Crippen LogP) is 4.42. The second kappa shape index (κ2) is 6.57. The Morgan fingerprint density at radius 2 is 1.86 bits per heavy atom. The van der Waals surface area contributed by atoms with Gasteiger partial charge < -0.3 is 5.32 Å². The molecular weight excluding hydrogens is 290 g/mol. The van der Waals surface area contributed by atoms with Crippen LogP contribution in [0.4, 0.5) is 0 Å². The predicted molar refractivity (Wildman–Crippen MR) is 92.1 cm³/mol. The molecule has 0 radical (unpaired) electrons. The summed E-state index contributed by atoms with van der Waals surface area (Å²) in [7, 11) is 0. The summed E-state index contributed by atoms with van der Waals surface area (Å²) in [5.41, 5.74) is 3.54. The molecule has 1 atom stereocenters. The lowest BCUT2D eigenvalue weighted by Crippen LogP contribution is -2.29. The lowest BCUT2D eigenvalue weighted by Gasteiger charge is -2.18. The highest BCUT2D eigenvalue weighted by atomic mass is 32.2. The maximum atomic E-state index is 12.6. The molecule has 3 heteroatoms. The molecule has 1 aliphatic carbocycles. The Labute approximate surface area is 136 Å². The molecular formula is C19H21NOS. The molecule has 2 aromatic carbocycles. The van der Waals surface area contributed by atoms with Crippen LogP contribution in [0.1, 0.15) is 34.8 Å². The van der Waals surface area contributed by atoms with E-state index in [1.807, 2.05) is 30.3 Å². The Morgan fingerprint density at radius 3 is 2.50 bits per heavy atom. The van der Waals surface area contributed by atoms with E-state index >= 15 is 0 Å². The van der Waals surface area contributed by atoms with E-state index in [2.05, 4.69) is 37.4 Å². The third-order valence-corrected chi connectivity index (χ3v) is 5.27. The van der Waals surface area contributed by atoms with Gasteiger partial charge in [-0.1, -0.05) is 48.0 Å². The van der Waals surface area contributed by atoms with E-state index in [4.69, 9.17) is 0 Å². The number of benzene rings is 2. The number of aryl methyl sites for hydroxylation is 2. The minimum atomic E-state index is -0.191. The molecule has 22 heavy (non-hydrogen) atoms. The van der Waals surface area contributed by atoms with Crippen molar-refractivity contribution in [3.8, 4) is 0 Å². The number of nitrogens with one attached hydrogen (secondary N) is 1. The first-order chi connectivity index (χ1) is 10.6. The van der Waals surface area contributed by atoms with Gasteiger partial charge in [0.25, 0.3) is 0 Å². The molecule has 0 heterocycles. The molecule has 1 N–H and O–H groups in total. The molecule has 2 nitrogen and oxygen atoms in total. The molecule has 1 aliphatic rings. The maximum Gasteiger partial charge on any atom is 0.238 e. The van der Waals surface area contributed by atoms with Crippen molar-refractivity contribution in [2.45, 2.75) is 42.9 Å². The third kappa shape index (κ3) is 3.72. The average Bonchev–Trinajstić information content (AvgIpc) is 3.31. The van der Waals surface area contributed by atoms with E-state index in [0.717, 1.165) is 18.4 Å². The summed E-state index contributed by atoms with van der Waals surface area (Å²) in [5, 5.41) is 2.95. The van der Waals surface area contributed by atoms with E-state index in [1.165, 1.54) is 16.0 Å². The van der Waals surface area contributed by atoms with Gasteiger partial charge in [0.15, 0.2) is 0 Å². The Kier molecular flexibility index (Phi) is 4.53. The summed E-state index contributed by atoms with van der Waals surface area (Å²) in [4.78, 5) is 13.8. The summed E-state index contributed by atoms with van der Waals surface area (Å²) in [6.07, 6.45) is 2.23. The van der Waals surface area contributed by atoms with Gasteiger partial charge in [-0.05, 0) is 43.9 Å². The Bertz CT molecular complexity index is 664. The minimum Gasteiger partial charge on any atom is -0.352 e. The number of amides is 1. The van der Waals surface area contributed by atoms with Crippen molar-refractivity contribution in [2.75, 3.05) is 0 Å². The highest BCUT2D eigenvalue weighted by Crippen LogP contribution is 2.38. The quantitative estimate of drug-likeness (QED) is 0.828. The van der Waals surface area contributed by atoms with Crippen molar-refractivity contribution < 1.29 is 4.79 Å². The molecule has 3 rings (SSSR count). The van der Waals surface area contributed by atoms with Gasteiger partial charge in [0.2, 0.25) is 5.91 Å². The van der Waals surface area contributed by atoms with Crippen LogP contribution in [0, 0.1) is 13.8 Å². The molecule has 0 unspecified atom stereocenters. The third-order valence-electron chi connectivity index (χ3n) is 3.84. The van der Waals surface area contributed by atoms with Crippen molar-refractivity contribution in [2.24, 2.45) is 0 Å². The topological polar surface area (TPSA) is 29.1 Å². The van der Waals surface area contributed by atoms with Crippen LogP contribution in [0.25, 0.3) is 0 Å². The van der Waals surface area contributed by atoms with E-state index in [9.17, 15) is 4.79 Å². The fraction of sp³-hybridized carbons (Fsp3) is 0.316. The zero-order chi connectivity index (χ0) is 15.5. The van der Waals surface area contributed by atoms with Gasteiger partial charge in [-0.3, -0.25) is 4.79 Å². The number of thioether (sulfide) groups is 1. The summed E-state index contributed by atoms with van der Waals surface area (Å²) in [6, 6.07) is 16.8.